The number of benzene rings is 1. The summed E-state index contributed by atoms with van der Waals surface area (Å²) in [5, 5.41) is 3.38. The maximum atomic E-state index is 12.2. The summed E-state index contributed by atoms with van der Waals surface area (Å²) in [5.41, 5.74) is 3.14. The van der Waals surface area contributed by atoms with Crippen LogP contribution in [-0.4, -0.2) is 25.8 Å². The predicted molar refractivity (Wildman–Crippen MR) is 71.8 cm³/mol. The Bertz CT molecular complexity index is 443. The van der Waals surface area contributed by atoms with Gasteiger partial charge in [0.2, 0.25) is 0 Å². The highest BCUT2D eigenvalue weighted by Gasteiger charge is 2.27. The molecule has 1 atom stereocenters. The molecule has 1 unspecified atom stereocenters. The van der Waals surface area contributed by atoms with Crippen LogP contribution >= 0.6 is 0 Å². The highest BCUT2D eigenvalue weighted by molar-refractivity contribution is 5.62. The van der Waals surface area contributed by atoms with Crippen molar-refractivity contribution in [2.75, 3.05) is 23.8 Å². The first-order valence-electron chi connectivity index (χ1n) is 6.52. The van der Waals surface area contributed by atoms with E-state index in [1.807, 2.05) is 18.2 Å². The van der Waals surface area contributed by atoms with Gasteiger partial charge in [0.05, 0.1) is 6.42 Å². The van der Waals surface area contributed by atoms with Crippen LogP contribution in [0.5, 0.6) is 0 Å². The fourth-order valence-corrected chi connectivity index (χ4v) is 2.30. The summed E-state index contributed by atoms with van der Waals surface area (Å²) in [6, 6.07) is 6.29. The van der Waals surface area contributed by atoms with E-state index in [1.54, 1.807) is 11.9 Å². The van der Waals surface area contributed by atoms with Gasteiger partial charge in [-0.1, -0.05) is 0 Å². The zero-order valence-corrected chi connectivity index (χ0v) is 11.2. The Morgan fingerprint density at radius 1 is 1.37 bits per heavy atom. The van der Waals surface area contributed by atoms with Crippen molar-refractivity contribution in [3.63, 3.8) is 0 Å². The molecule has 106 valence electrons. The first-order valence-corrected chi connectivity index (χ1v) is 6.52. The minimum atomic E-state index is -4.10. The van der Waals surface area contributed by atoms with Crippen molar-refractivity contribution in [2.24, 2.45) is 0 Å². The second-order valence-electron chi connectivity index (χ2n) is 5.21. The molecule has 1 aliphatic heterocycles. The number of alkyl halides is 3. The summed E-state index contributed by atoms with van der Waals surface area (Å²) < 4.78 is 36.6. The number of rotatable bonds is 3. The normalized spacial score (nSPS) is 18.7. The lowest BCUT2D eigenvalue weighted by atomic mass is 9.98. The Morgan fingerprint density at radius 2 is 2.11 bits per heavy atom. The number of fused-ring (bicyclic) bond motifs is 1. The van der Waals surface area contributed by atoms with Crippen LogP contribution in [0, 0.1) is 0 Å². The molecule has 0 spiro atoms. The van der Waals surface area contributed by atoms with E-state index >= 15 is 0 Å². The van der Waals surface area contributed by atoms with Crippen molar-refractivity contribution >= 4 is 11.4 Å². The molecule has 0 saturated heterocycles. The summed E-state index contributed by atoms with van der Waals surface area (Å²) in [4.78, 5) is 1.66. The molecule has 0 radical (unpaired) electrons. The number of aryl methyl sites for hydroxylation is 1. The maximum absolute atomic E-state index is 12.2. The van der Waals surface area contributed by atoms with Crippen molar-refractivity contribution in [3.8, 4) is 0 Å². The fourth-order valence-electron chi connectivity index (χ4n) is 2.30. The van der Waals surface area contributed by atoms with E-state index in [1.165, 1.54) is 5.56 Å². The van der Waals surface area contributed by atoms with E-state index in [-0.39, 0.29) is 6.54 Å². The fraction of sp³-hybridized carbons (Fsp3) is 0.571. The van der Waals surface area contributed by atoms with Gasteiger partial charge in [0, 0.05) is 31.0 Å². The summed E-state index contributed by atoms with van der Waals surface area (Å²) in [6.07, 6.45) is -2.84. The van der Waals surface area contributed by atoms with Crippen LogP contribution in [0.1, 0.15) is 25.3 Å². The van der Waals surface area contributed by atoms with E-state index in [4.69, 9.17) is 0 Å². The molecule has 0 amide bonds. The van der Waals surface area contributed by atoms with Gasteiger partial charge >= 0.3 is 6.18 Å². The van der Waals surface area contributed by atoms with Crippen molar-refractivity contribution in [1.82, 2.24) is 0 Å². The maximum Gasteiger partial charge on any atom is 0.390 e. The van der Waals surface area contributed by atoms with Gasteiger partial charge in [-0.15, -0.1) is 0 Å². The third-order valence-electron chi connectivity index (χ3n) is 3.51. The smallest absolute Gasteiger partial charge is 0.382 e. The first kappa shape index (κ1) is 14.0. The molecule has 0 aliphatic carbocycles. The quantitative estimate of drug-likeness (QED) is 0.899. The second kappa shape index (κ2) is 5.31. The molecule has 1 aliphatic rings. The van der Waals surface area contributed by atoms with Gasteiger partial charge in [0.15, 0.2) is 0 Å². The van der Waals surface area contributed by atoms with Crippen LogP contribution in [0.15, 0.2) is 18.2 Å². The Balaban J connectivity index is 2.05. The van der Waals surface area contributed by atoms with Crippen molar-refractivity contribution < 1.29 is 13.2 Å². The average molecular weight is 272 g/mol. The van der Waals surface area contributed by atoms with Gasteiger partial charge in [0.25, 0.3) is 0 Å². The Morgan fingerprint density at radius 3 is 2.79 bits per heavy atom. The summed E-state index contributed by atoms with van der Waals surface area (Å²) in [7, 11) is 1.70. The Hall–Kier alpha value is -1.39. The van der Waals surface area contributed by atoms with E-state index < -0.39 is 12.6 Å². The highest BCUT2D eigenvalue weighted by atomic mass is 19.4. The van der Waals surface area contributed by atoms with Crippen LogP contribution in [0.4, 0.5) is 24.5 Å². The van der Waals surface area contributed by atoms with Gasteiger partial charge in [-0.25, -0.2) is 0 Å². The van der Waals surface area contributed by atoms with Gasteiger partial charge in [-0.2, -0.15) is 13.2 Å². The van der Waals surface area contributed by atoms with Gasteiger partial charge in [0.1, 0.15) is 0 Å². The largest absolute Gasteiger partial charge is 0.390 e. The van der Waals surface area contributed by atoms with Gasteiger partial charge in [-0.05, 0) is 43.5 Å². The van der Waals surface area contributed by atoms with Gasteiger partial charge in [-0.3, -0.25) is 0 Å². The average Bonchev–Trinajstić information content (AvgIpc) is 2.34. The highest BCUT2D eigenvalue weighted by Crippen LogP contribution is 2.29. The van der Waals surface area contributed by atoms with Crippen LogP contribution < -0.4 is 10.2 Å². The molecule has 1 aromatic rings. The summed E-state index contributed by atoms with van der Waals surface area (Å²) >= 11 is 0. The molecule has 0 bridgehead atoms. The first-order chi connectivity index (χ1) is 8.85. The van der Waals surface area contributed by atoms with E-state index in [9.17, 15) is 13.2 Å². The molecular weight excluding hydrogens is 253 g/mol. The lowest BCUT2D eigenvalue weighted by Crippen LogP contribution is -2.25. The minimum absolute atomic E-state index is 0.00782. The van der Waals surface area contributed by atoms with E-state index in [2.05, 4.69) is 12.2 Å². The SMILES string of the molecule is CC1CCc2cc(N(C)CCC(F)(F)F)ccc2N1. The molecule has 2 nitrogen and oxygen atoms in total. The third-order valence-corrected chi connectivity index (χ3v) is 3.51. The number of hydrogen-bond donors (Lipinski definition) is 1. The standard InChI is InChI=1S/C14H19F3N2/c1-10-3-4-11-9-12(5-6-13(11)18-10)19(2)8-7-14(15,16)17/h5-6,9-10,18H,3-4,7-8H2,1-2H3. The number of anilines is 2. The molecule has 1 aromatic carbocycles. The molecule has 1 N–H and O–H groups in total. The third kappa shape index (κ3) is 3.78. The lowest BCUT2D eigenvalue weighted by molar-refractivity contribution is -0.132. The molecule has 0 aromatic heterocycles. The summed E-state index contributed by atoms with van der Waals surface area (Å²) in [5.74, 6) is 0. The second-order valence-corrected chi connectivity index (χ2v) is 5.21. The molecule has 5 heteroatoms. The van der Waals surface area contributed by atoms with Crippen LogP contribution in [0.2, 0.25) is 0 Å². The molecule has 0 fully saturated rings. The Labute approximate surface area is 111 Å². The van der Waals surface area contributed by atoms with E-state index in [0.717, 1.165) is 24.2 Å². The molecule has 19 heavy (non-hydrogen) atoms. The topological polar surface area (TPSA) is 15.3 Å². The number of nitrogens with zero attached hydrogens (tertiary/aromatic N) is 1. The monoisotopic (exact) mass is 272 g/mol. The van der Waals surface area contributed by atoms with Gasteiger partial charge < -0.3 is 10.2 Å². The Kier molecular flexibility index (Phi) is 3.92. The number of hydrogen-bond acceptors (Lipinski definition) is 2. The molecule has 0 saturated carbocycles. The van der Waals surface area contributed by atoms with Crippen molar-refractivity contribution in [2.45, 2.75) is 38.4 Å². The molecular formula is C14H19F3N2. The summed E-state index contributed by atoms with van der Waals surface area (Å²) in [6.45, 7) is 2.12. The number of nitrogens with one attached hydrogen (secondary N) is 1. The minimum Gasteiger partial charge on any atom is -0.382 e. The zero-order valence-electron chi connectivity index (χ0n) is 11.2. The van der Waals surface area contributed by atoms with Crippen LogP contribution in [0.25, 0.3) is 0 Å². The van der Waals surface area contributed by atoms with Crippen molar-refractivity contribution in [1.29, 1.82) is 0 Å². The van der Waals surface area contributed by atoms with Crippen molar-refractivity contribution in [3.05, 3.63) is 23.8 Å². The molecule has 2 rings (SSSR count). The van der Waals surface area contributed by atoms with E-state index in [0.29, 0.717) is 6.04 Å². The predicted octanol–water partition coefficient (Wildman–Crippen LogP) is 3.82. The van der Waals surface area contributed by atoms with Crippen LogP contribution in [-0.2, 0) is 6.42 Å². The zero-order chi connectivity index (χ0) is 14.0. The van der Waals surface area contributed by atoms with Crippen LogP contribution in [0.3, 0.4) is 0 Å². The lowest BCUT2D eigenvalue weighted by Gasteiger charge is -2.27. The molecule has 1 heterocycles. The number of halogens is 3.